The third-order valence-electron chi connectivity index (χ3n) is 5.61. The van der Waals surface area contributed by atoms with Crippen molar-refractivity contribution in [3.63, 3.8) is 0 Å². The Bertz CT molecular complexity index is 1230. The molecule has 2 amide bonds. The van der Waals surface area contributed by atoms with Gasteiger partial charge in [-0.15, -0.1) is 0 Å². The van der Waals surface area contributed by atoms with Crippen LogP contribution in [-0.2, 0) is 54.6 Å². The van der Waals surface area contributed by atoms with Crippen LogP contribution in [0, 0.1) is 0 Å². The minimum Gasteiger partial charge on any atom is -0.467 e. The molecule has 0 fully saturated rings. The van der Waals surface area contributed by atoms with Gasteiger partial charge < -0.3 is 29.4 Å². The maximum Gasteiger partial charge on any atom is 0.408 e. The van der Waals surface area contributed by atoms with E-state index in [4.69, 9.17) is 14.2 Å². The molecule has 0 bridgehead atoms. The summed E-state index contributed by atoms with van der Waals surface area (Å²) >= 11 is 0. The predicted molar refractivity (Wildman–Crippen MR) is 140 cm³/mol. The van der Waals surface area contributed by atoms with E-state index in [1.165, 1.54) is 18.0 Å². The number of rotatable bonds is 13. The molecule has 1 heterocycles. The molecule has 1 aromatic heterocycles. The van der Waals surface area contributed by atoms with Crippen molar-refractivity contribution in [1.29, 1.82) is 0 Å². The quantitative estimate of drug-likeness (QED) is 0.251. The van der Waals surface area contributed by atoms with Crippen LogP contribution in [0.2, 0.25) is 0 Å². The van der Waals surface area contributed by atoms with E-state index >= 15 is 0 Å². The normalized spacial score (nSPS) is 12.1. The molecular weight excluding hydrogens is 504 g/mol. The van der Waals surface area contributed by atoms with E-state index in [1.54, 1.807) is 13.1 Å². The summed E-state index contributed by atoms with van der Waals surface area (Å²) in [6.45, 7) is 1.82. The molecule has 0 aliphatic rings. The number of alkyl carbamates (subject to hydrolysis) is 1. The Balaban J connectivity index is 1.57. The molecule has 3 aromatic rings. The lowest BCUT2D eigenvalue weighted by Gasteiger charge is -2.17. The molecule has 0 saturated heterocycles. The number of carbonyl (C=O) groups excluding carboxylic acids is 4. The summed E-state index contributed by atoms with van der Waals surface area (Å²) in [4.78, 5) is 53.9. The summed E-state index contributed by atoms with van der Waals surface area (Å²) in [7, 11) is 1.21. The second kappa shape index (κ2) is 14.9. The standard InChI is InChI=1S/C28H32N4O7/c1-3-38-27(35)23(14-20-10-6-4-7-11-20)30-25(33)17-32-16-22(29-19-32)15-24(26(34)37-2)31-28(36)39-18-21-12-8-5-9-13-21/h4-13,16,19,23-24H,3,14-15,17-18H2,1-2H3,(H,30,33)(H,31,36)/t23?,24-/m0/s1. The van der Waals surface area contributed by atoms with E-state index in [2.05, 4.69) is 15.6 Å². The number of aromatic nitrogens is 2. The highest BCUT2D eigenvalue weighted by Gasteiger charge is 2.25. The van der Waals surface area contributed by atoms with Crippen molar-refractivity contribution in [1.82, 2.24) is 20.2 Å². The van der Waals surface area contributed by atoms with Crippen LogP contribution >= 0.6 is 0 Å². The van der Waals surface area contributed by atoms with Gasteiger partial charge >= 0.3 is 18.0 Å². The molecule has 0 aliphatic heterocycles. The number of ether oxygens (including phenoxy) is 3. The van der Waals surface area contributed by atoms with E-state index < -0.39 is 36.0 Å². The van der Waals surface area contributed by atoms with E-state index in [1.807, 2.05) is 60.7 Å². The van der Waals surface area contributed by atoms with E-state index in [0.717, 1.165) is 11.1 Å². The minimum absolute atomic E-state index is 0.0151. The number of nitrogens with zero attached hydrogens (tertiary/aromatic N) is 2. The molecule has 39 heavy (non-hydrogen) atoms. The number of methoxy groups -OCH3 is 1. The zero-order chi connectivity index (χ0) is 28.0. The van der Waals surface area contributed by atoms with Crippen LogP contribution < -0.4 is 10.6 Å². The molecule has 2 atom stereocenters. The SMILES string of the molecule is CCOC(=O)C(Cc1ccccc1)NC(=O)Cn1cnc(C[C@H](NC(=O)OCc2ccccc2)C(=O)OC)c1. The second-order valence-electron chi connectivity index (χ2n) is 8.59. The fourth-order valence-electron chi connectivity index (χ4n) is 3.74. The number of carbonyl (C=O) groups is 4. The van der Waals surface area contributed by atoms with Gasteiger partial charge in [-0.1, -0.05) is 60.7 Å². The van der Waals surface area contributed by atoms with Gasteiger partial charge in [0.2, 0.25) is 5.91 Å². The molecule has 3 rings (SSSR count). The lowest BCUT2D eigenvalue weighted by molar-refractivity contribution is -0.147. The van der Waals surface area contributed by atoms with Crippen molar-refractivity contribution in [2.75, 3.05) is 13.7 Å². The topological polar surface area (TPSA) is 138 Å². The van der Waals surface area contributed by atoms with Gasteiger partial charge in [0.05, 0.1) is 25.7 Å². The zero-order valence-corrected chi connectivity index (χ0v) is 21.9. The number of hydrogen-bond acceptors (Lipinski definition) is 8. The van der Waals surface area contributed by atoms with Gasteiger partial charge in [0.25, 0.3) is 0 Å². The number of esters is 2. The molecule has 0 saturated carbocycles. The van der Waals surface area contributed by atoms with Gasteiger partial charge in [0, 0.05) is 19.0 Å². The van der Waals surface area contributed by atoms with Crippen molar-refractivity contribution in [3.05, 3.63) is 90.0 Å². The van der Waals surface area contributed by atoms with E-state index in [-0.39, 0.29) is 32.6 Å². The van der Waals surface area contributed by atoms with Crippen molar-refractivity contribution >= 4 is 23.9 Å². The third kappa shape index (κ3) is 9.62. The Hall–Kier alpha value is -4.67. The smallest absolute Gasteiger partial charge is 0.408 e. The Morgan fingerprint density at radius 3 is 2.13 bits per heavy atom. The number of hydrogen-bond donors (Lipinski definition) is 2. The molecule has 11 heteroatoms. The summed E-state index contributed by atoms with van der Waals surface area (Å²) in [5, 5.41) is 5.21. The van der Waals surface area contributed by atoms with Gasteiger partial charge in [0.15, 0.2) is 0 Å². The maximum atomic E-state index is 12.7. The molecule has 0 spiro atoms. The zero-order valence-electron chi connectivity index (χ0n) is 21.9. The first kappa shape index (κ1) is 28.9. The lowest BCUT2D eigenvalue weighted by Crippen LogP contribution is -2.44. The minimum atomic E-state index is -1.05. The highest BCUT2D eigenvalue weighted by Crippen LogP contribution is 2.07. The lowest BCUT2D eigenvalue weighted by atomic mass is 10.1. The van der Waals surface area contributed by atoms with Crippen LogP contribution in [0.5, 0.6) is 0 Å². The van der Waals surface area contributed by atoms with Crippen molar-refractivity contribution in [2.24, 2.45) is 0 Å². The molecule has 11 nitrogen and oxygen atoms in total. The van der Waals surface area contributed by atoms with Crippen LogP contribution in [0.4, 0.5) is 4.79 Å². The first-order valence-electron chi connectivity index (χ1n) is 12.4. The number of benzene rings is 2. The van der Waals surface area contributed by atoms with Gasteiger partial charge in [-0.25, -0.2) is 19.4 Å². The Labute approximate surface area is 226 Å². The van der Waals surface area contributed by atoms with Crippen LogP contribution in [-0.4, -0.2) is 59.3 Å². The highest BCUT2D eigenvalue weighted by molar-refractivity contribution is 5.84. The third-order valence-corrected chi connectivity index (χ3v) is 5.61. The molecular formula is C28H32N4O7. The van der Waals surface area contributed by atoms with Crippen LogP contribution in [0.1, 0.15) is 23.7 Å². The number of imidazole rings is 1. The Kier molecular flexibility index (Phi) is 11.0. The summed E-state index contributed by atoms with van der Waals surface area (Å²) < 4.78 is 16.6. The first-order valence-corrected chi connectivity index (χ1v) is 12.4. The van der Waals surface area contributed by atoms with Crippen LogP contribution in [0.3, 0.4) is 0 Å². The number of nitrogens with one attached hydrogen (secondary N) is 2. The largest absolute Gasteiger partial charge is 0.467 e. The molecule has 0 aliphatic carbocycles. The fraction of sp³-hybridized carbons (Fsp3) is 0.321. The Morgan fingerprint density at radius 1 is 0.846 bits per heavy atom. The van der Waals surface area contributed by atoms with Gasteiger partial charge in [-0.3, -0.25) is 4.79 Å². The van der Waals surface area contributed by atoms with Crippen molar-refractivity contribution in [3.8, 4) is 0 Å². The first-order chi connectivity index (χ1) is 18.9. The van der Waals surface area contributed by atoms with Crippen molar-refractivity contribution in [2.45, 2.75) is 45.0 Å². The fourth-order valence-corrected chi connectivity index (χ4v) is 3.74. The average Bonchev–Trinajstić information content (AvgIpc) is 3.38. The summed E-state index contributed by atoms with van der Waals surface area (Å²) in [5.74, 6) is -1.61. The summed E-state index contributed by atoms with van der Waals surface area (Å²) in [6.07, 6.45) is 2.52. The highest BCUT2D eigenvalue weighted by atomic mass is 16.6. The van der Waals surface area contributed by atoms with Gasteiger partial charge in [-0.05, 0) is 18.1 Å². The molecule has 2 N–H and O–H groups in total. The van der Waals surface area contributed by atoms with Crippen molar-refractivity contribution < 1.29 is 33.4 Å². The monoisotopic (exact) mass is 536 g/mol. The van der Waals surface area contributed by atoms with E-state index in [9.17, 15) is 19.2 Å². The Morgan fingerprint density at radius 2 is 1.49 bits per heavy atom. The van der Waals surface area contributed by atoms with Gasteiger partial charge in [-0.2, -0.15) is 0 Å². The van der Waals surface area contributed by atoms with Gasteiger partial charge in [0.1, 0.15) is 25.2 Å². The molecule has 206 valence electrons. The maximum absolute atomic E-state index is 12.7. The second-order valence-corrected chi connectivity index (χ2v) is 8.59. The van der Waals surface area contributed by atoms with Crippen LogP contribution in [0.25, 0.3) is 0 Å². The molecule has 0 radical (unpaired) electrons. The molecule has 2 aromatic carbocycles. The van der Waals surface area contributed by atoms with Crippen LogP contribution in [0.15, 0.2) is 73.2 Å². The molecule has 1 unspecified atom stereocenters. The summed E-state index contributed by atoms with van der Waals surface area (Å²) in [5.41, 5.74) is 2.12. The number of amides is 2. The predicted octanol–water partition coefficient (Wildman–Crippen LogP) is 2.18. The van der Waals surface area contributed by atoms with E-state index in [0.29, 0.717) is 5.69 Å². The average molecular weight is 537 g/mol. The summed E-state index contributed by atoms with van der Waals surface area (Å²) in [6, 6.07) is 16.5.